The lowest BCUT2D eigenvalue weighted by atomic mass is 9.99. The fourth-order valence-electron chi connectivity index (χ4n) is 2.54. The Morgan fingerprint density at radius 3 is 1.59 bits per heavy atom. The SMILES string of the molecule is CCCN(/C=C/C=C(C(=O)CCCS(=O)(=O)O)C(=O)CCCS(=O)(=O)O)CCC. The van der Waals surface area contributed by atoms with Gasteiger partial charge in [0.25, 0.3) is 20.2 Å². The summed E-state index contributed by atoms with van der Waals surface area (Å²) in [5.74, 6) is -2.38. The Bertz CT molecular complexity index is 740. The normalized spacial score (nSPS) is 12.1. The summed E-state index contributed by atoms with van der Waals surface area (Å²) < 4.78 is 60.7. The first kappa shape index (κ1) is 27.4. The van der Waals surface area contributed by atoms with Gasteiger partial charge in [-0.25, -0.2) is 0 Å². The maximum Gasteiger partial charge on any atom is 0.264 e. The molecule has 0 aliphatic rings. The fourth-order valence-corrected chi connectivity index (χ4v) is 3.56. The van der Waals surface area contributed by atoms with Gasteiger partial charge in [-0.1, -0.05) is 13.8 Å². The van der Waals surface area contributed by atoms with Crippen molar-refractivity contribution >= 4 is 31.8 Å². The molecule has 0 bridgehead atoms. The van der Waals surface area contributed by atoms with E-state index in [0.717, 1.165) is 25.9 Å². The van der Waals surface area contributed by atoms with Gasteiger partial charge < -0.3 is 4.90 Å². The van der Waals surface area contributed by atoms with Crippen molar-refractivity contribution < 1.29 is 35.5 Å². The summed E-state index contributed by atoms with van der Waals surface area (Å²) in [5, 5.41) is 0. The first-order chi connectivity index (χ1) is 13.4. The highest BCUT2D eigenvalue weighted by atomic mass is 32.2. The molecule has 0 unspecified atom stereocenters. The van der Waals surface area contributed by atoms with Crippen LogP contribution in [0.25, 0.3) is 0 Å². The maximum absolute atomic E-state index is 12.4. The number of ketones is 2. The zero-order chi connectivity index (χ0) is 22.5. The van der Waals surface area contributed by atoms with Crippen LogP contribution in [-0.4, -0.2) is 67.0 Å². The third kappa shape index (κ3) is 15.0. The number of rotatable bonds is 16. The molecule has 11 heteroatoms. The smallest absolute Gasteiger partial charge is 0.264 e. The molecule has 0 radical (unpaired) electrons. The molecule has 0 spiro atoms. The van der Waals surface area contributed by atoms with E-state index < -0.39 is 43.3 Å². The van der Waals surface area contributed by atoms with Crippen LogP contribution in [0.15, 0.2) is 23.9 Å². The van der Waals surface area contributed by atoms with Gasteiger partial charge in [-0.3, -0.25) is 18.7 Å². The van der Waals surface area contributed by atoms with Crippen molar-refractivity contribution in [3.8, 4) is 0 Å². The lowest BCUT2D eigenvalue weighted by molar-refractivity contribution is -0.121. The van der Waals surface area contributed by atoms with Gasteiger partial charge in [0.05, 0.1) is 17.1 Å². The molecule has 2 N–H and O–H groups in total. The Hall–Kier alpha value is -1.56. The molecule has 0 aliphatic carbocycles. The molecule has 0 aromatic carbocycles. The van der Waals surface area contributed by atoms with Crippen LogP contribution in [0.4, 0.5) is 0 Å². The number of hydrogen-bond donors (Lipinski definition) is 2. The molecule has 168 valence electrons. The average molecular weight is 454 g/mol. The maximum atomic E-state index is 12.4. The van der Waals surface area contributed by atoms with E-state index in [1.165, 1.54) is 6.08 Å². The van der Waals surface area contributed by atoms with Crippen molar-refractivity contribution in [3.63, 3.8) is 0 Å². The number of Topliss-reactive ketones (excluding diaryl/α,β-unsaturated/α-hetero) is 2. The van der Waals surface area contributed by atoms with Crippen LogP contribution < -0.4 is 0 Å². The Kier molecular flexibility index (Phi) is 12.9. The van der Waals surface area contributed by atoms with Gasteiger partial charge >= 0.3 is 0 Å². The molecule has 9 nitrogen and oxygen atoms in total. The topological polar surface area (TPSA) is 146 Å². The highest BCUT2D eigenvalue weighted by Gasteiger charge is 2.19. The molecule has 29 heavy (non-hydrogen) atoms. The van der Waals surface area contributed by atoms with Gasteiger partial charge in [0.1, 0.15) is 0 Å². The van der Waals surface area contributed by atoms with Crippen molar-refractivity contribution in [3.05, 3.63) is 23.9 Å². The van der Waals surface area contributed by atoms with E-state index in [-0.39, 0.29) is 31.3 Å². The summed E-state index contributed by atoms with van der Waals surface area (Å²) >= 11 is 0. The van der Waals surface area contributed by atoms with Crippen LogP contribution in [0.2, 0.25) is 0 Å². The van der Waals surface area contributed by atoms with E-state index in [0.29, 0.717) is 0 Å². The Morgan fingerprint density at radius 2 is 1.24 bits per heavy atom. The predicted octanol–water partition coefficient (Wildman–Crippen LogP) is 2.02. The summed E-state index contributed by atoms with van der Waals surface area (Å²) in [4.78, 5) is 26.8. The van der Waals surface area contributed by atoms with Crippen molar-refractivity contribution in [2.75, 3.05) is 24.6 Å². The molecule has 0 saturated carbocycles. The van der Waals surface area contributed by atoms with E-state index in [1.807, 2.05) is 18.7 Å². The molecule has 0 amide bonds. The van der Waals surface area contributed by atoms with E-state index in [1.54, 1.807) is 12.3 Å². The first-order valence-electron chi connectivity index (χ1n) is 9.48. The number of carbonyl (C=O) groups excluding carboxylic acids is 2. The van der Waals surface area contributed by atoms with E-state index in [2.05, 4.69) is 0 Å². The molecular weight excluding hydrogens is 422 g/mol. The average Bonchev–Trinajstić information content (AvgIpc) is 2.56. The second kappa shape index (κ2) is 13.6. The third-order valence-electron chi connectivity index (χ3n) is 3.79. The predicted molar refractivity (Wildman–Crippen MR) is 111 cm³/mol. The molecule has 0 aromatic heterocycles. The monoisotopic (exact) mass is 453 g/mol. The van der Waals surface area contributed by atoms with Crippen LogP contribution in [-0.2, 0) is 29.8 Å². The van der Waals surface area contributed by atoms with Gasteiger partial charge in [0.2, 0.25) is 0 Å². The standard InChI is InChI=1S/C18H31NO8S2/c1-3-11-19(12-4-2)13-5-8-16(17(20)9-6-14-28(22,23)24)18(21)10-7-15-29(25,26)27/h5,8,13H,3-4,6-7,9-12,14-15H2,1-2H3,(H,22,23,24)(H,25,26,27)/b13-5+. The van der Waals surface area contributed by atoms with Crippen LogP contribution in [0, 0.1) is 0 Å². The molecular formula is C18H31NO8S2. The van der Waals surface area contributed by atoms with Crippen molar-refractivity contribution in [2.24, 2.45) is 0 Å². The number of carbonyl (C=O) groups is 2. The molecule has 0 aliphatic heterocycles. The summed E-state index contributed by atoms with van der Waals surface area (Å²) in [6, 6.07) is 0. The molecule has 0 rings (SSSR count). The second-order valence-electron chi connectivity index (χ2n) is 6.58. The zero-order valence-corrected chi connectivity index (χ0v) is 18.5. The Balaban J connectivity index is 5.28. The summed E-state index contributed by atoms with van der Waals surface area (Å²) in [6.07, 6.45) is 5.70. The minimum absolute atomic E-state index is 0.144. The molecule has 0 atom stereocenters. The third-order valence-corrected chi connectivity index (χ3v) is 5.40. The lowest BCUT2D eigenvalue weighted by Gasteiger charge is -2.18. The molecule has 0 fully saturated rings. The fraction of sp³-hybridized carbons (Fsp3) is 0.667. The lowest BCUT2D eigenvalue weighted by Crippen LogP contribution is -2.19. The summed E-state index contributed by atoms with van der Waals surface area (Å²) in [5.41, 5.74) is -0.167. The van der Waals surface area contributed by atoms with Gasteiger partial charge in [-0.2, -0.15) is 16.8 Å². The first-order valence-corrected chi connectivity index (χ1v) is 12.7. The highest BCUT2D eigenvalue weighted by Crippen LogP contribution is 2.11. The van der Waals surface area contributed by atoms with Crippen LogP contribution >= 0.6 is 0 Å². The van der Waals surface area contributed by atoms with Crippen LogP contribution in [0.5, 0.6) is 0 Å². The molecule has 0 aromatic rings. The minimum Gasteiger partial charge on any atom is -0.377 e. The number of nitrogens with zero attached hydrogens (tertiary/aromatic N) is 1. The summed E-state index contributed by atoms with van der Waals surface area (Å²) in [7, 11) is -8.42. The Labute approximate surface area is 173 Å². The van der Waals surface area contributed by atoms with Crippen LogP contribution in [0.3, 0.4) is 0 Å². The van der Waals surface area contributed by atoms with Gasteiger partial charge in [0, 0.05) is 25.9 Å². The van der Waals surface area contributed by atoms with E-state index in [9.17, 15) is 26.4 Å². The number of allylic oxidation sites excluding steroid dienone is 3. The quantitative estimate of drug-likeness (QED) is 0.118. The van der Waals surface area contributed by atoms with E-state index in [4.69, 9.17) is 9.11 Å². The van der Waals surface area contributed by atoms with Gasteiger partial charge in [0.15, 0.2) is 11.6 Å². The van der Waals surface area contributed by atoms with Crippen molar-refractivity contribution in [1.82, 2.24) is 4.90 Å². The van der Waals surface area contributed by atoms with Gasteiger partial charge in [-0.05, 0) is 44.0 Å². The molecule has 0 heterocycles. The minimum atomic E-state index is -4.21. The largest absolute Gasteiger partial charge is 0.377 e. The summed E-state index contributed by atoms with van der Waals surface area (Å²) in [6.45, 7) is 5.65. The van der Waals surface area contributed by atoms with Crippen LogP contribution in [0.1, 0.15) is 52.4 Å². The van der Waals surface area contributed by atoms with Crippen molar-refractivity contribution in [2.45, 2.75) is 52.4 Å². The van der Waals surface area contributed by atoms with Gasteiger partial charge in [-0.15, -0.1) is 0 Å². The Morgan fingerprint density at radius 1 is 0.828 bits per heavy atom. The van der Waals surface area contributed by atoms with E-state index >= 15 is 0 Å². The van der Waals surface area contributed by atoms with Crippen molar-refractivity contribution in [1.29, 1.82) is 0 Å². The zero-order valence-electron chi connectivity index (χ0n) is 16.9. The highest BCUT2D eigenvalue weighted by molar-refractivity contribution is 7.86. The number of hydrogen-bond acceptors (Lipinski definition) is 7. The molecule has 0 saturated heterocycles. The second-order valence-corrected chi connectivity index (χ2v) is 9.73.